The van der Waals surface area contributed by atoms with Crippen LogP contribution in [-0.2, 0) is 16.4 Å². The minimum atomic E-state index is -3.77. The highest BCUT2D eigenvalue weighted by Gasteiger charge is 2.32. The number of nitrogens with zero attached hydrogens (tertiary/aromatic N) is 2. The van der Waals surface area contributed by atoms with Crippen molar-refractivity contribution in [2.24, 2.45) is 4.99 Å². The Morgan fingerprint density at radius 1 is 1.09 bits per heavy atom. The van der Waals surface area contributed by atoms with Gasteiger partial charge in [0.1, 0.15) is 10.7 Å². The van der Waals surface area contributed by atoms with E-state index in [1.807, 2.05) is 30.3 Å². The molecule has 0 fully saturated rings. The molecule has 0 atom stereocenters. The molecule has 0 saturated carbocycles. The average molecular weight is 369 g/mol. The van der Waals surface area contributed by atoms with Crippen LogP contribution in [0.5, 0.6) is 0 Å². The van der Waals surface area contributed by atoms with Crippen molar-refractivity contribution in [1.82, 2.24) is 4.31 Å². The van der Waals surface area contributed by atoms with Crippen molar-refractivity contribution < 1.29 is 8.42 Å². The lowest BCUT2D eigenvalue weighted by Crippen LogP contribution is -2.35. The van der Waals surface area contributed by atoms with Gasteiger partial charge in [0, 0.05) is 11.4 Å². The molecule has 0 saturated heterocycles. The molecule has 7 heteroatoms. The Bertz CT molecular complexity index is 852. The molecule has 2 aromatic rings. The lowest BCUT2D eigenvalue weighted by atomic mass is 10.1. The van der Waals surface area contributed by atoms with Gasteiger partial charge in [0.25, 0.3) is 10.0 Å². The van der Waals surface area contributed by atoms with Gasteiger partial charge in [-0.05, 0) is 23.8 Å². The lowest BCUT2D eigenvalue weighted by Gasteiger charge is -2.21. The molecule has 0 aromatic heterocycles. The van der Waals surface area contributed by atoms with E-state index in [1.165, 1.54) is 16.4 Å². The maximum Gasteiger partial charge on any atom is 0.266 e. The minimum Gasteiger partial charge on any atom is -0.269 e. The van der Waals surface area contributed by atoms with Crippen molar-refractivity contribution in [1.29, 1.82) is 0 Å². The van der Waals surface area contributed by atoms with Crippen molar-refractivity contribution in [3.63, 3.8) is 0 Å². The van der Waals surface area contributed by atoms with E-state index in [0.717, 1.165) is 5.56 Å². The molecule has 0 unspecified atom stereocenters. The normalized spacial score (nSPS) is 14.9. The van der Waals surface area contributed by atoms with Gasteiger partial charge in [-0.2, -0.15) is 0 Å². The predicted molar refractivity (Wildman–Crippen MR) is 92.8 cm³/mol. The molecule has 0 bridgehead atoms. The van der Waals surface area contributed by atoms with Crippen molar-refractivity contribution in [2.45, 2.75) is 11.3 Å². The zero-order valence-corrected chi connectivity index (χ0v) is 14.4. The first-order valence-corrected chi connectivity index (χ1v) is 9.23. The standard InChI is InChI=1S/C16H14Cl2N2O2S/c17-13-6-7-14(18)15(11-13)23(21,22)20-9-8-19-16(20)10-12-4-2-1-3-5-12/h1-7,11H,8-10H2. The van der Waals surface area contributed by atoms with Crippen LogP contribution < -0.4 is 0 Å². The zero-order valence-electron chi connectivity index (χ0n) is 12.1. The quantitative estimate of drug-likeness (QED) is 0.826. The van der Waals surface area contributed by atoms with E-state index in [0.29, 0.717) is 30.4 Å². The third-order valence-corrected chi connectivity index (χ3v) is 6.10. The third kappa shape index (κ3) is 3.37. The number of amidine groups is 1. The van der Waals surface area contributed by atoms with E-state index in [-0.39, 0.29) is 9.92 Å². The van der Waals surface area contributed by atoms with Crippen LogP contribution in [-0.4, -0.2) is 31.6 Å². The largest absolute Gasteiger partial charge is 0.269 e. The van der Waals surface area contributed by atoms with E-state index in [1.54, 1.807) is 6.07 Å². The van der Waals surface area contributed by atoms with E-state index >= 15 is 0 Å². The summed E-state index contributed by atoms with van der Waals surface area (Å²) in [5.74, 6) is 0.521. The molecule has 0 amide bonds. The first kappa shape index (κ1) is 16.3. The molecule has 2 aromatic carbocycles. The summed E-state index contributed by atoms with van der Waals surface area (Å²) >= 11 is 12.0. The number of hydrogen-bond donors (Lipinski definition) is 0. The van der Waals surface area contributed by atoms with Crippen LogP contribution >= 0.6 is 23.2 Å². The minimum absolute atomic E-state index is 0.00864. The van der Waals surface area contributed by atoms with Gasteiger partial charge >= 0.3 is 0 Å². The Morgan fingerprint density at radius 3 is 2.57 bits per heavy atom. The van der Waals surface area contributed by atoms with Gasteiger partial charge in [-0.25, -0.2) is 8.42 Å². The molecule has 3 rings (SSSR count). The van der Waals surface area contributed by atoms with Gasteiger partial charge in [0.15, 0.2) is 0 Å². The SMILES string of the molecule is O=S(=O)(c1cc(Cl)ccc1Cl)N1CCN=C1Cc1ccccc1. The van der Waals surface area contributed by atoms with Crippen molar-refractivity contribution in [3.05, 3.63) is 64.1 Å². The van der Waals surface area contributed by atoms with E-state index < -0.39 is 10.0 Å². The molecule has 4 nitrogen and oxygen atoms in total. The smallest absolute Gasteiger partial charge is 0.266 e. The molecule has 1 aliphatic rings. The van der Waals surface area contributed by atoms with Crippen LogP contribution in [0.25, 0.3) is 0 Å². The van der Waals surface area contributed by atoms with Crippen LogP contribution in [0.2, 0.25) is 10.0 Å². The first-order valence-electron chi connectivity index (χ1n) is 7.03. The molecule has 23 heavy (non-hydrogen) atoms. The molecule has 1 aliphatic heterocycles. The first-order chi connectivity index (χ1) is 11.0. The monoisotopic (exact) mass is 368 g/mol. The number of benzene rings is 2. The van der Waals surface area contributed by atoms with Crippen LogP contribution in [0.3, 0.4) is 0 Å². The van der Waals surface area contributed by atoms with Crippen molar-refractivity contribution in [2.75, 3.05) is 13.1 Å². The third-order valence-electron chi connectivity index (χ3n) is 3.55. The molecular formula is C16H14Cl2N2O2S. The van der Waals surface area contributed by atoms with Gasteiger partial charge in [-0.3, -0.25) is 9.30 Å². The summed E-state index contributed by atoms with van der Waals surface area (Å²) in [4.78, 5) is 4.35. The summed E-state index contributed by atoms with van der Waals surface area (Å²) in [6, 6.07) is 14.1. The second-order valence-electron chi connectivity index (χ2n) is 5.11. The van der Waals surface area contributed by atoms with Crippen LogP contribution in [0.4, 0.5) is 0 Å². The van der Waals surface area contributed by atoms with Crippen LogP contribution in [0, 0.1) is 0 Å². The summed E-state index contributed by atoms with van der Waals surface area (Å²) in [6.07, 6.45) is 0.457. The Labute approximate surface area is 145 Å². The Balaban J connectivity index is 1.93. The average Bonchev–Trinajstić information content (AvgIpc) is 2.99. The highest BCUT2D eigenvalue weighted by atomic mass is 35.5. The second kappa shape index (κ2) is 6.51. The molecule has 120 valence electrons. The Morgan fingerprint density at radius 2 is 1.83 bits per heavy atom. The molecule has 0 spiro atoms. The van der Waals surface area contributed by atoms with E-state index in [4.69, 9.17) is 23.2 Å². The molecule has 0 N–H and O–H groups in total. The van der Waals surface area contributed by atoms with Gasteiger partial charge in [0.2, 0.25) is 0 Å². The highest BCUT2D eigenvalue weighted by Crippen LogP contribution is 2.29. The van der Waals surface area contributed by atoms with Gasteiger partial charge in [0.05, 0.1) is 18.1 Å². The summed E-state index contributed by atoms with van der Waals surface area (Å²) in [7, 11) is -3.77. The van der Waals surface area contributed by atoms with Gasteiger partial charge < -0.3 is 0 Å². The molecular weight excluding hydrogens is 355 g/mol. The van der Waals surface area contributed by atoms with Crippen molar-refractivity contribution >= 4 is 39.1 Å². The molecule has 1 heterocycles. The molecule has 0 radical (unpaired) electrons. The summed E-state index contributed by atoms with van der Waals surface area (Å²) < 4.78 is 27.1. The van der Waals surface area contributed by atoms with E-state index in [2.05, 4.69) is 4.99 Å². The maximum atomic E-state index is 12.9. The van der Waals surface area contributed by atoms with Gasteiger partial charge in [-0.15, -0.1) is 0 Å². The maximum absolute atomic E-state index is 12.9. The Hall–Kier alpha value is -1.56. The predicted octanol–water partition coefficient (Wildman–Crippen LogP) is 3.64. The summed E-state index contributed by atoms with van der Waals surface area (Å²) in [6.45, 7) is 0.757. The molecule has 0 aliphatic carbocycles. The fourth-order valence-electron chi connectivity index (χ4n) is 2.45. The van der Waals surface area contributed by atoms with E-state index in [9.17, 15) is 8.42 Å². The zero-order chi connectivity index (χ0) is 16.4. The highest BCUT2D eigenvalue weighted by molar-refractivity contribution is 7.89. The lowest BCUT2D eigenvalue weighted by molar-refractivity contribution is 0.535. The summed E-state index contributed by atoms with van der Waals surface area (Å²) in [5.41, 5.74) is 1.01. The number of sulfonamides is 1. The number of rotatable bonds is 4. The second-order valence-corrected chi connectivity index (χ2v) is 7.79. The van der Waals surface area contributed by atoms with Crippen LogP contribution in [0.15, 0.2) is 58.4 Å². The van der Waals surface area contributed by atoms with Crippen LogP contribution in [0.1, 0.15) is 5.56 Å². The van der Waals surface area contributed by atoms with Crippen molar-refractivity contribution in [3.8, 4) is 0 Å². The fraction of sp³-hybridized carbons (Fsp3) is 0.188. The number of halogens is 2. The topological polar surface area (TPSA) is 49.7 Å². The number of hydrogen-bond acceptors (Lipinski definition) is 3. The Kier molecular flexibility index (Phi) is 4.62. The number of aliphatic imine (C=N–C) groups is 1. The van der Waals surface area contributed by atoms with Gasteiger partial charge in [-0.1, -0.05) is 53.5 Å². The summed E-state index contributed by atoms with van der Waals surface area (Å²) in [5, 5.41) is 0.481. The fourth-order valence-corrected chi connectivity index (χ4v) is 4.65.